The van der Waals surface area contributed by atoms with E-state index in [9.17, 15) is 5.26 Å². The maximum Gasteiger partial charge on any atom is 0.167 e. The van der Waals surface area contributed by atoms with Crippen molar-refractivity contribution in [1.29, 1.82) is 5.26 Å². The van der Waals surface area contributed by atoms with Gasteiger partial charge in [0.1, 0.15) is 29.4 Å². The summed E-state index contributed by atoms with van der Waals surface area (Å²) in [7, 11) is 1.63. The molecule has 0 bridgehead atoms. The highest BCUT2D eigenvalue weighted by molar-refractivity contribution is 7.23. The van der Waals surface area contributed by atoms with Crippen molar-refractivity contribution in [3.8, 4) is 28.0 Å². The Morgan fingerprint density at radius 2 is 1.97 bits per heavy atom. The number of hydrogen-bond donors (Lipinski definition) is 1. The number of thiophene rings is 1. The number of nitrogens with zero attached hydrogens (tertiary/aromatic N) is 4. The number of benzene rings is 2. The summed E-state index contributed by atoms with van der Waals surface area (Å²) in [5.41, 5.74) is 5.83. The predicted octanol–water partition coefficient (Wildman–Crippen LogP) is 5.08. The molecule has 0 unspecified atom stereocenters. The minimum Gasteiger partial charge on any atom is -0.497 e. The van der Waals surface area contributed by atoms with Crippen molar-refractivity contribution < 1.29 is 9.47 Å². The molecule has 0 saturated heterocycles. The first-order valence-corrected chi connectivity index (χ1v) is 10.4. The number of anilines is 1. The van der Waals surface area contributed by atoms with Crippen LogP contribution in [0.4, 0.5) is 5.82 Å². The van der Waals surface area contributed by atoms with Crippen LogP contribution < -0.4 is 14.9 Å². The minimum absolute atomic E-state index is 0.497. The zero-order chi connectivity index (χ0) is 21.6. The van der Waals surface area contributed by atoms with Gasteiger partial charge in [-0.3, -0.25) is 5.43 Å². The van der Waals surface area contributed by atoms with E-state index in [2.05, 4.69) is 26.6 Å². The van der Waals surface area contributed by atoms with Gasteiger partial charge in [0.2, 0.25) is 0 Å². The van der Waals surface area contributed by atoms with E-state index >= 15 is 0 Å². The SMILES string of the molecule is CCOc1ccccc1-c1sc2c(NN=Cc3ccc(OC)cc3)ncnc2c1C#N. The third-order valence-electron chi connectivity index (χ3n) is 4.52. The van der Waals surface area contributed by atoms with Crippen LogP contribution in [0.2, 0.25) is 0 Å². The molecule has 0 aliphatic heterocycles. The van der Waals surface area contributed by atoms with Crippen LogP contribution in [0.3, 0.4) is 0 Å². The van der Waals surface area contributed by atoms with Gasteiger partial charge in [-0.2, -0.15) is 10.4 Å². The number of rotatable bonds is 7. The summed E-state index contributed by atoms with van der Waals surface area (Å²) < 4.78 is 11.7. The molecule has 2 aromatic heterocycles. The Morgan fingerprint density at radius 1 is 1.16 bits per heavy atom. The van der Waals surface area contributed by atoms with Gasteiger partial charge in [0.05, 0.1) is 35.1 Å². The van der Waals surface area contributed by atoms with E-state index in [0.717, 1.165) is 32.2 Å². The Balaban J connectivity index is 1.70. The second-order valence-electron chi connectivity index (χ2n) is 6.39. The number of fused-ring (bicyclic) bond motifs is 1. The molecular weight excluding hydrogens is 410 g/mol. The summed E-state index contributed by atoms with van der Waals surface area (Å²) in [6, 6.07) is 17.5. The second-order valence-corrected chi connectivity index (χ2v) is 7.41. The molecule has 0 radical (unpaired) electrons. The van der Waals surface area contributed by atoms with Crippen molar-refractivity contribution in [2.75, 3.05) is 19.1 Å². The lowest BCUT2D eigenvalue weighted by molar-refractivity contribution is 0.341. The Bertz CT molecular complexity index is 1280. The number of methoxy groups -OCH3 is 1. The number of nitriles is 1. The lowest BCUT2D eigenvalue weighted by Crippen LogP contribution is -1.95. The van der Waals surface area contributed by atoms with Crippen molar-refractivity contribution in [1.82, 2.24) is 9.97 Å². The first-order valence-electron chi connectivity index (χ1n) is 9.58. The summed E-state index contributed by atoms with van der Waals surface area (Å²) in [6.45, 7) is 2.47. The molecule has 1 N–H and O–H groups in total. The van der Waals surface area contributed by atoms with Gasteiger partial charge in [0.25, 0.3) is 0 Å². The molecule has 7 nitrogen and oxygen atoms in total. The maximum absolute atomic E-state index is 9.84. The third kappa shape index (κ3) is 4.17. The van der Waals surface area contributed by atoms with Crippen LogP contribution in [0.15, 0.2) is 60.0 Å². The lowest BCUT2D eigenvalue weighted by Gasteiger charge is -2.08. The third-order valence-corrected chi connectivity index (χ3v) is 5.73. The quantitative estimate of drug-likeness (QED) is 0.325. The molecule has 2 aromatic carbocycles. The normalized spacial score (nSPS) is 10.9. The van der Waals surface area contributed by atoms with Gasteiger partial charge in [-0.25, -0.2) is 9.97 Å². The minimum atomic E-state index is 0.497. The van der Waals surface area contributed by atoms with Crippen LogP contribution in [-0.4, -0.2) is 29.9 Å². The molecule has 0 fully saturated rings. The van der Waals surface area contributed by atoms with Crippen LogP contribution in [-0.2, 0) is 0 Å². The lowest BCUT2D eigenvalue weighted by atomic mass is 10.1. The topological polar surface area (TPSA) is 92.4 Å². The summed E-state index contributed by atoms with van der Waals surface area (Å²) in [4.78, 5) is 9.47. The van der Waals surface area contributed by atoms with Crippen LogP contribution in [0.5, 0.6) is 11.5 Å². The molecule has 0 amide bonds. The molecule has 0 saturated carbocycles. The molecule has 31 heavy (non-hydrogen) atoms. The Kier molecular flexibility index (Phi) is 6.05. The molecule has 4 rings (SSSR count). The van der Waals surface area contributed by atoms with Crippen molar-refractivity contribution >= 4 is 33.6 Å². The van der Waals surface area contributed by atoms with Crippen LogP contribution in [0, 0.1) is 11.3 Å². The van der Waals surface area contributed by atoms with Crippen LogP contribution in [0.1, 0.15) is 18.1 Å². The molecule has 4 aromatic rings. The summed E-state index contributed by atoms with van der Waals surface area (Å²) in [5, 5.41) is 14.1. The molecule has 2 heterocycles. The predicted molar refractivity (Wildman–Crippen MR) is 123 cm³/mol. The zero-order valence-corrected chi connectivity index (χ0v) is 17.8. The summed E-state index contributed by atoms with van der Waals surface area (Å²) >= 11 is 1.44. The highest BCUT2D eigenvalue weighted by Gasteiger charge is 2.20. The number of aromatic nitrogens is 2. The Hall–Kier alpha value is -3.96. The Morgan fingerprint density at radius 3 is 2.71 bits per heavy atom. The molecular formula is C23H19N5O2S. The molecule has 0 aliphatic carbocycles. The first-order chi connectivity index (χ1) is 15.2. The largest absolute Gasteiger partial charge is 0.497 e. The highest BCUT2D eigenvalue weighted by atomic mass is 32.1. The van der Waals surface area contributed by atoms with Gasteiger partial charge >= 0.3 is 0 Å². The van der Waals surface area contributed by atoms with Crippen molar-refractivity contribution in [3.63, 3.8) is 0 Å². The smallest absolute Gasteiger partial charge is 0.167 e. The van der Waals surface area contributed by atoms with Gasteiger partial charge < -0.3 is 9.47 Å². The molecule has 154 valence electrons. The van der Waals surface area contributed by atoms with E-state index in [4.69, 9.17) is 9.47 Å². The molecule has 0 atom stereocenters. The van der Waals surface area contributed by atoms with Crippen LogP contribution >= 0.6 is 11.3 Å². The fourth-order valence-electron chi connectivity index (χ4n) is 3.08. The molecule has 0 spiro atoms. The van der Waals surface area contributed by atoms with Gasteiger partial charge in [-0.05, 0) is 48.9 Å². The van der Waals surface area contributed by atoms with Gasteiger partial charge in [-0.15, -0.1) is 11.3 Å². The van der Waals surface area contributed by atoms with E-state index < -0.39 is 0 Å². The highest BCUT2D eigenvalue weighted by Crippen LogP contribution is 2.43. The van der Waals surface area contributed by atoms with E-state index in [1.54, 1.807) is 13.3 Å². The number of hydrogen-bond acceptors (Lipinski definition) is 8. The fraction of sp³-hybridized carbons (Fsp3) is 0.130. The van der Waals surface area contributed by atoms with E-state index in [1.165, 1.54) is 17.7 Å². The van der Waals surface area contributed by atoms with Crippen molar-refractivity contribution in [2.45, 2.75) is 6.92 Å². The summed E-state index contributed by atoms with van der Waals surface area (Å²) in [6.07, 6.45) is 3.12. The number of nitrogens with one attached hydrogen (secondary N) is 1. The van der Waals surface area contributed by atoms with Gasteiger partial charge in [0.15, 0.2) is 5.82 Å². The van der Waals surface area contributed by atoms with E-state index in [1.807, 2.05) is 55.5 Å². The van der Waals surface area contributed by atoms with Crippen LogP contribution in [0.25, 0.3) is 20.7 Å². The van der Waals surface area contributed by atoms with E-state index in [0.29, 0.717) is 23.5 Å². The van der Waals surface area contributed by atoms with Crippen molar-refractivity contribution in [2.24, 2.45) is 5.10 Å². The number of ether oxygens (including phenoxy) is 2. The summed E-state index contributed by atoms with van der Waals surface area (Å²) in [5.74, 6) is 2.05. The van der Waals surface area contributed by atoms with Crippen molar-refractivity contribution in [3.05, 3.63) is 66.0 Å². The number of hydrazone groups is 1. The Labute approximate surface area is 183 Å². The molecule has 0 aliphatic rings. The second kappa shape index (κ2) is 9.24. The first kappa shape index (κ1) is 20.3. The monoisotopic (exact) mass is 429 g/mol. The average Bonchev–Trinajstić information content (AvgIpc) is 3.19. The maximum atomic E-state index is 9.84. The van der Waals surface area contributed by atoms with Gasteiger partial charge in [-0.1, -0.05) is 12.1 Å². The average molecular weight is 430 g/mol. The van der Waals surface area contributed by atoms with E-state index in [-0.39, 0.29) is 0 Å². The fourth-order valence-corrected chi connectivity index (χ4v) is 4.25. The number of para-hydroxylation sites is 1. The van der Waals surface area contributed by atoms with Gasteiger partial charge in [0, 0.05) is 5.56 Å². The molecule has 8 heteroatoms. The zero-order valence-electron chi connectivity index (χ0n) is 17.0. The standard InChI is InChI=1S/C23H19N5O2S/c1-3-30-19-7-5-4-6-17(19)21-18(12-24)20-22(31-21)23(26-14-25-20)28-27-13-15-8-10-16(29-2)11-9-15/h4-11,13-14H,3H2,1-2H3,(H,25,26,28).